The third-order valence-corrected chi connectivity index (χ3v) is 4.65. The first-order chi connectivity index (χ1) is 9.04. The van der Waals surface area contributed by atoms with Gasteiger partial charge in [-0.15, -0.1) is 0 Å². The lowest BCUT2D eigenvalue weighted by Crippen LogP contribution is -2.53. The van der Waals surface area contributed by atoms with Crippen molar-refractivity contribution in [2.24, 2.45) is 0 Å². The van der Waals surface area contributed by atoms with E-state index in [0.29, 0.717) is 5.70 Å². The van der Waals surface area contributed by atoms with Gasteiger partial charge in [-0.2, -0.15) is 0 Å². The number of nitrogens with one attached hydrogen (secondary N) is 2. The van der Waals surface area contributed by atoms with Crippen LogP contribution in [-0.4, -0.2) is 31.3 Å². The van der Waals surface area contributed by atoms with Gasteiger partial charge in [0.1, 0.15) is 9.50 Å². The predicted molar refractivity (Wildman–Crippen MR) is 76.4 cm³/mol. The Bertz CT molecular complexity index is 591. The van der Waals surface area contributed by atoms with Crippen LogP contribution in [-0.2, 0) is 4.79 Å². The number of fused-ring (bicyclic) bond motifs is 1. The molecule has 3 rings (SSSR count). The summed E-state index contributed by atoms with van der Waals surface area (Å²) in [5, 5.41) is 10.4. The van der Waals surface area contributed by atoms with Crippen LogP contribution in [0.4, 0.5) is 5.69 Å². The largest absolute Gasteiger partial charge is 0.358 e. The molecule has 2 N–H and O–H groups in total. The Balaban J connectivity index is 1.79. The molecule has 2 heterocycles. The number of carbonyl (C=O) groups is 1. The van der Waals surface area contributed by atoms with Gasteiger partial charge in [0.15, 0.2) is 0 Å². The fourth-order valence-electron chi connectivity index (χ4n) is 2.14. The van der Waals surface area contributed by atoms with Gasteiger partial charge in [0, 0.05) is 12.4 Å². The van der Waals surface area contributed by atoms with Gasteiger partial charge in [0.05, 0.1) is 23.6 Å². The Labute approximate surface area is 123 Å². The maximum atomic E-state index is 11.9. The van der Waals surface area contributed by atoms with Crippen LogP contribution < -0.4 is 5.32 Å². The van der Waals surface area contributed by atoms with E-state index in [1.165, 1.54) is 0 Å². The van der Waals surface area contributed by atoms with E-state index in [0.717, 1.165) is 12.1 Å². The minimum atomic E-state index is -0.396. The van der Waals surface area contributed by atoms with Crippen LogP contribution >= 0.6 is 27.5 Å². The van der Waals surface area contributed by atoms with E-state index in [1.807, 2.05) is 6.07 Å². The zero-order valence-corrected chi connectivity index (χ0v) is 12.1. The summed E-state index contributed by atoms with van der Waals surface area (Å²) in [6, 6.07) is 3.74. The van der Waals surface area contributed by atoms with Crippen molar-refractivity contribution < 1.29 is 4.79 Å². The van der Waals surface area contributed by atoms with Crippen molar-refractivity contribution in [3.8, 4) is 0 Å². The molecule has 2 atom stereocenters. The molecule has 7 heteroatoms. The smallest absolute Gasteiger partial charge is 0.246 e. The fourth-order valence-corrected chi connectivity index (χ4v) is 2.99. The quantitative estimate of drug-likeness (QED) is 0.501. The summed E-state index contributed by atoms with van der Waals surface area (Å²) in [7, 11) is 0. The molecule has 1 amide bonds. The van der Waals surface area contributed by atoms with Crippen LogP contribution in [0.2, 0.25) is 0 Å². The molecule has 5 nitrogen and oxygen atoms in total. The number of pyridine rings is 1. The first-order valence-electron chi connectivity index (χ1n) is 5.68. The fraction of sp³-hybridized carbons (Fsp3) is 0.250. The number of nitrogens with zero attached hydrogens (tertiary/aromatic N) is 2. The highest BCUT2D eigenvalue weighted by Crippen LogP contribution is 2.59. The zero-order valence-electron chi connectivity index (χ0n) is 9.73. The molecule has 98 valence electrons. The van der Waals surface area contributed by atoms with Gasteiger partial charge in [0.2, 0.25) is 5.91 Å². The summed E-state index contributed by atoms with van der Waals surface area (Å²) in [6.45, 7) is 0. The molecule has 2 unspecified atom stereocenters. The molecule has 1 aromatic rings. The number of anilines is 1. The van der Waals surface area contributed by atoms with E-state index in [1.54, 1.807) is 29.6 Å². The minimum absolute atomic E-state index is 0.0397. The van der Waals surface area contributed by atoms with Crippen molar-refractivity contribution in [2.75, 3.05) is 5.32 Å². The van der Waals surface area contributed by atoms with Crippen LogP contribution in [0.3, 0.4) is 0 Å². The predicted octanol–water partition coefficient (Wildman–Crippen LogP) is 2.30. The summed E-state index contributed by atoms with van der Waals surface area (Å²) in [5.74, 6) is -0.0397. The number of amides is 1. The Hall–Kier alpha value is -1.40. The summed E-state index contributed by atoms with van der Waals surface area (Å²) >= 11 is 9.16. The highest BCUT2D eigenvalue weighted by Gasteiger charge is 2.73. The number of β-lactam (4-membered cyclic amide) rings is 1. The van der Waals surface area contributed by atoms with Crippen LogP contribution in [0.1, 0.15) is 6.42 Å². The Morgan fingerprint density at radius 3 is 3.05 bits per heavy atom. The number of halogens is 2. The van der Waals surface area contributed by atoms with E-state index in [9.17, 15) is 4.79 Å². The maximum Gasteiger partial charge on any atom is 0.246 e. The molecule has 1 aliphatic heterocycles. The van der Waals surface area contributed by atoms with Crippen LogP contribution in [0.5, 0.6) is 0 Å². The molecule has 1 saturated carbocycles. The SMILES string of the molecule is N=C(Cl)/C(=C\Nc1cccnc1)N1C(=O)C2(Br)CC12. The van der Waals surface area contributed by atoms with Gasteiger partial charge in [-0.1, -0.05) is 27.5 Å². The molecule has 0 radical (unpaired) electrons. The number of hydrogen-bond donors (Lipinski definition) is 2. The van der Waals surface area contributed by atoms with Crippen molar-refractivity contribution in [2.45, 2.75) is 16.8 Å². The normalized spacial score (nSPS) is 28.5. The molecule has 1 aromatic heterocycles. The van der Waals surface area contributed by atoms with Gasteiger partial charge >= 0.3 is 0 Å². The molecule has 0 aromatic carbocycles. The van der Waals surface area contributed by atoms with E-state index < -0.39 is 4.32 Å². The highest BCUT2D eigenvalue weighted by molar-refractivity contribution is 9.10. The summed E-state index contributed by atoms with van der Waals surface area (Å²) in [6.07, 6.45) is 5.65. The number of aromatic nitrogens is 1. The van der Waals surface area contributed by atoms with Crippen LogP contribution in [0, 0.1) is 5.41 Å². The van der Waals surface area contributed by atoms with Crippen molar-refractivity contribution in [3.63, 3.8) is 0 Å². The lowest BCUT2D eigenvalue weighted by molar-refractivity contribution is -0.135. The van der Waals surface area contributed by atoms with Gasteiger partial charge in [-0.3, -0.25) is 15.2 Å². The average molecular weight is 342 g/mol. The second-order valence-corrected chi connectivity index (χ2v) is 6.28. The Morgan fingerprint density at radius 1 is 1.74 bits per heavy atom. The van der Waals surface area contributed by atoms with E-state index in [-0.39, 0.29) is 17.1 Å². The number of hydrogen-bond acceptors (Lipinski definition) is 4. The van der Waals surface area contributed by atoms with Gasteiger partial charge in [-0.05, 0) is 18.6 Å². The second kappa shape index (κ2) is 4.31. The topological polar surface area (TPSA) is 69.1 Å². The van der Waals surface area contributed by atoms with Crippen LogP contribution in [0.25, 0.3) is 0 Å². The van der Waals surface area contributed by atoms with Gasteiger partial charge in [-0.25, -0.2) is 0 Å². The van der Waals surface area contributed by atoms with Crippen molar-refractivity contribution >= 4 is 44.3 Å². The molecule has 1 aliphatic carbocycles. The third kappa shape index (κ3) is 1.95. The van der Waals surface area contributed by atoms with Gasteiger partial charge < -0.3 is 10.2 Å². The summed E-state index contributed by atoms with van der Waals surface area (Å²) in [4.78, 5) is 17.4. The zero-order chi connectivity index (χ0) is 13.6. The molecule has 2 fully saturated rings. The van der Waals surface area contributed by atoms with E-state index in [4.69, 9.17) is 17.0 Å². The third-order valence-electron chi connectivity index (χ3n) is 3.27. The van der Waals surface area contributed by atoms with Crippen molar-refractivity contribution in [1.29, 1.82) is 5.41 Å². The maximum absolute atomic E-state index is 11.9. The number of carbonyl (C=O) groups excluding carboxylic acids is 1. The number of rotatable bonds is 4. The summed E-state index contributed by atoms with van der Waals surface area (Å²) in [5.41, 5.74) is 1.15. The lowest BCUT2D eigenvalue weighted by Gasteiger charge is -2.35. The lowest BCUT2D eigenvalue weighted by atomic mass is 10.2. The summed E-state index contributed by atoms with van der Waals surface area (Å²) < 4.78 is -0.396. The monoisotopic (exact) mass is 340 g/mol. The second-order valence-electron chi connectivity index (χ2n) is 4.49. The highest BCUT2D eigenvalue weighted by atomic mass is 79.9. The average Bonchev–Trinajstić information content (AvgIpc) is 3.02. The molecule has 19 heavy (non-hydrogen) atoms. The first kappa shape index (κ1) is 12.6. The molecular weight excluding hydrogens is 332 g/mol. The molecular formula is C12H10BrClN4O. The number of alkyl halides is 1. The standard InChI is InChI=1S/C12H10BrClN4O/c13-12-4-9(12)18(11(12)19)8(10(14)15)6-17-7-2-1-3-16-5-7/h1-3,5-6,9,15,17H,4H2/b8-6+,15-10?. The molecule has 0 spiro atoms. The Morgan fingerprint density at radius 2 is 2.53 bits per heavy atom. The molecule has 2 aliphatic rings. The van der Waals surface area contributed by atoms with E-state index >= 15 is 0 Å². The molecule has 0 bridgehead atoms. The van der Waals surface area contributed by atoms with E-state index in [2.05, 4.69) is 26.2 Å². The Kier molecular flexibility index (Phi) is 2.87. The van der Waals surface area contributed by atoms with Crippen molar-refractivity contribution in [3.05, 3.63) is 36.4 Å². The first-order valence-corrected chi connectivity index (χ1v) is 6.85. The van der Waals surface area contributed by atoms with Crippen LogP contribution in [0.15, 0.2) is 36.4 Å². The number of likely N-dealkylation sites (tertiary alicyclic amines) is 1. The van der Waals surface area contributed by atoms with Gasteiger partial charge in [0.25, 0.3) is 0 Å². The van der Waals surface area contributed by atoms with Crippen molar-refractivity contribution in [1.82, 2.24) is 9.88 Å². The minimum Gasteiger partial charge on any atom is -0.358 e. The number of allylic oxidation sites excluding steroid dienone is 1. The molecule has 1 saturated heterocycles.